The molecule has 1 amide bonds. The van der Waals surface area contributed by atoms with Crippen LogP contribution in [-0.4, -0.2) is 37.1 Å². The van der Waals surface area contributed by atoms with E-state index in [1.54, 1.807) is 30.9 Å². The van der Waals surface area contributed by atoms with E-state index in [0.29, 0.717) is 36.0 Å². The average molecular weight is 437 g/mol. The van der Waals surface area contributed by atoms with Gasteiger partial charge in [-0.1, -0.05) is 13.8 Å². The molecule has 0 saturated carbocycles. The minimum atomic E-state index is -0.147. The van der Waals surface area contributed by atoms with Gasteiger partial charge in [0.1, 0.15) is 11.5 Å². The van der Waals surface area contributed by atoms with Crippen LogP contribution in [0.3, 0.4) is 0 Å². The summed E-state index contributed by atoms with van der Waals surface area (Å²) in [5.74, 6) is 1.55. The molecule has 1 atom stereocenters. The minimum absolute atomic E-state index is 0.00699. The summed E-state index contributed by atoms with van der Waals surface area (Å²) < 4.78 is 10.8. The van der Waals surface area contributed by atoms with E-state index in [1.807, 2.05) is 13.8 Å². The molecule has 1 N–H and O–H groups in total. The van der Waals surface area contributed by atoms with E-state index >= 15 is 0 Å². The second-order valence-electron chi connectivity index (χ2n) is 9.15. The first-order valence-corrected chi connectivity index (χ1v) is 10.8. The van der Waals surface area contributed by atoms with E-state index < -0.39 is 0 Å². The normalized spacial score (nSPS) is 17.1. The van der Waals surface area contributed by atoms with Crippen molar-refractivity contribution < 1.29 is 14.1 Å². The van der Waals surface area contributed by atoms with Gasteiger partial charge in [-0.2, -0.15) is 0 Å². The molecule has 0 aromatic carbocycles. The van der Waals surface area contributed by atoms with Crippen LogP contribution in [0.5, 0.6) is 5.88 Å². The molecule has 1 unspecified atom stereocenters. The number of hydrogen-bond acceptors (Lipinski definition) is 8. The summed E-state index contributed by atoms with van der Waals surface area (Å²) in [7, 11) is 0. The molecule has 1 aliphatic carbocycles. The molecule has 1 aliphatic rings. The molecule has 3 aromatic heterocycles. The zero-order valence-electron chi connectivity index (χ0n) is 18.8. The lowest BCUT2D eigenvalue weighted by atomic mass is 9.74. The number of carbonyl (C=O) groups is 1. The molecule has 3 aromatic rings. The van der Waals surface area contributed by atoms with Crippen LogP contribution < -0.4 is 10.1 Å². The van der Waals surface area contributed by atoms with Crippen molar-refractivity contribution in [1.82, 2.24) is 30.4 Å². The van der Waals surface area contributed by atoms with Gasteiger partial charge in [0.25, 0.3) is 5.88 Å². The maximum Gasteiger partial charge on any atom is 0.254 e. The van der Waals surface area contributed by atoms with Gasteiger partial charge in [0.15, 0.2) is 5.82 Å². The molecule has 0 radical (unpaired) electrons. The van der Waals surface area contributed by atoms with Crippen LogP contribution in [0.1, 0.15) is 63.6 Å². The summed E-state index contributed by atoms with van der Waals surface area (Å²) >= 11 is 0. The second kappa shape index (κ2) is 9.02. The van der Waals surface area contributed by atoms with E-state index in [4.69, 9.17) is 14.2 Å². The largest absolute Gasteiger partial charge is 0.473 e. The lowest BCUT2D eigenvalue weighted by Gasteiger charge is -2.36. The van der Waals surface area contributed by atoms with Crippen molar-refractivity contribution in [3.63, 3.8) is 0 Å². The Bertz CT molecular complexity index is 1080. The summed E-state index contributed by atoms with van der Waals surface area (Å²) in [6.45, 7) is 8.21. The summed E-state index contributed by atoms with van der Waals surface area (Å²) in [4.78, 5) is 30.3. The summed E-state index contributed by atoms with van der Waals surface area (Å²) in [5.41, 5.74) is 2.52. The number of carbonyl (C=O) groups excluding carboxylic acids is 1. The van der Waals surface area contributed by atoms with Crippen molar-refractivity contribution in [2.75, 3.05) is 0 Å². The number of aromatic nitrogens is 5. The topological polar surface area (TPSA) is 116 Å². The maximum absolute atomic E-state index is 12.7. The lowest BCUT2D eigenvalue weighted by molar-refractivity contribution is -0.122. The second-order valence-corrected chi connectivity index (χ2v) is 9.15. The summed E-state index contributed by atoms with van der Waals surface area (Å²) in [6.07, 6.45) is 9.07. The molecule has 3 heterocycles. The fraction of sp³-hybridized carbons (Fsp3) is 0.478. The van der Waals surface area contributed by atoms with Crippen molar-refractivity contribution in [3.8, 4) is 17.4 Å². The predicted molar refractivity (Wildman–Crippen MR) is 117 cm³/mol. The first-order chi connectivity index (χ1) is 15.3. The highest BCUT2D eigenvalue weighted by Crippen LogP contribution is 2.40. The number of nitrogens with zero attached hydrogens (tertiary/aromatic N) is 5. The third-order valence-electron chi connectivity index (χ3n) is 5.30. The van der Waals surface area contributed by atoms with Gasteiger partial charge in [-0.3, -0.25) is 9.78 Å². The summed E-state index contributed by atoms with van der Waals surface area (Å²) in [6, 6.07) is 1.58. The van der Waals surface area contributed by atoms with Crippen molar-refractivity contribution in [2.24, 2.45) is 5.41 Å². The van der Waals surface area contributed by atoms with Crippen LogP contribution in [0.2, 0.25) is 0 Å². The van der Waals surface area contributed by atoms with Gasteiger partial charge >= 0.3 is 0 Å². The number of aryl methyl sites for hydroxylation is 1. The third kappa shape index (κ3) is 5.27. The highest BCUT2D eigenvalue weighted by Gasteiger charge is 2.34. The van der Waals surface area contributed by atoms with Crippen molar-refractivity contribution in [2.45, 2.75) is 65.5 Å². The highest BCUT2D eigenvalue weighted by atomic mass is 16.5. The smallest absolute Gasteiger partial charge is 0.254 e. The first-order valence-electron chi connectivity index (χ1n) is 10.8. The number of hydrogen-bond donors (Lipinski definition) is 1. The van der Waals surface area contributed by atoms with Crippen LogP contribution in [0, 0.1) is 5.41 Å². The van der Waals surface area contributed by atoms with Crippen LogP contribution in [0.25, 0.3) is 11.5 Å². The lowest BCUT2D eigenvalue weighted by Crippen LogP contribution is -2.37. The van der Waals surface area contributed by atoms with Gasteiger partial charge in [0.05, 0.1) is 24.0 Å². The van der Waals surface area contributed by atoms with Gasteiger partial charge < -0.3 is 14.6 Å². The highest BCUT2D eigenvalue weighted by molar-refractivity contribution is 5.76. The molecular weight excluding hydrogens is 408 g/mol. The first kappa shape index (κ1) is 21.9. The zero-order valence-corrected chi connectivity index (χ0v) is 18.8. The quantitative estimate of drug-likeness (QED) is 0.598. The molecule has 0 spiro atoms. The standard InChI is InChI=1S/C23H28N6O3/c1-14(2)31-21-9-15(32-29-21)5-6-20(30)27-17-10-23(3,4)11-18-16(17)12-26-22(28-18)19-13-24-7-8-25-19/h7-9,12-14,17H,5-6,10-11H2,1-4H3,(H,27,30). The van der Waals surface area contributed by atoms with Crippen LogP contribution in [-0.2, 0) is 17.6 Å². The van der Waals surface area contributed by atoms with E-state index in [9.17, 15) is 4.79 Å². The van der Waals surface area contributed by atoms with E-state index in [1.165, 1.54) is 0 Å². The average Bonchev–Trinajstić information content (AvgIpc) is 3.18. The van der Waals surface area contributed by atoms with Crippen molar-refractivity contribution in [3.05, 3.63) is 47.9 Å². The van der Waals surface area contributed by atoms with Gasteiger partial charge in [-0.15, -0.1) is 0 Å². The molecule has 4 rings (SSSR count). The predicted octanol–water partition coefficient (Wildman–Crippen LogP) is 3.47. The Labute approximate surface area is 187 Å². The SMILES string of the molecule is CC(C)Oc1cc(CCC(=O)NC2CC(C)(C)Cc3nc(-c4cnccn4)ncc32)on1. The van der Waals surface area contributed by atoms with Crippen LogP contribution in [0.4, 0.5) is 0 Å². The minimum Gasteiger partial charge on any atom is -0.473 e. The monoisotopic (exact) mass is 436 g/mol. The molecule has 32 heavy (non-hydrogen) atoms. The van der Waals surface area contributed by atoms with Crippen molar-refractivity contribution in [1.29, 1.82) is 0 Å². The molecular formula is C23H28N6O3. The Hall–Kier alpha value is -3.36. The van der Waals surface area contributed by atoms with E-state index in [2.05, 4.69) is 39.3 Å². The van der Waals surface area contributed by atoms with Crippen LogP contribution >= 0.6 is 0 Å². The Morgan fingerprint density at radius 1 is 1.28 bits per heavy atom. The Morgan fingerprint density at radius 2 is 2.12 bits per heavy atom. The fourth-order valence-electron chi connectivity index (χ4n) is 3.93. The Balaban J connectivity index is 1.44. The van der Waals surface area contributed by atoms with E-state index in [0.717, 1.165) is 24.1 Å². The zero-order chi connectivity index (χ0) is 22.7. The van der Waals surface area contributed by atoms with E-state index in [-0.39, 0.29) is 23.5 Å². The number of nitrogens with one attached hydrogen (secondary N) is 1. The van der Waals surface area contributed by atoms with Crippen LogP contribution in [0.15, 0.2) is 35.4 Å². The molecule has 0 fully saturated rings. The molecule has 0 aliphatic heterocycles. The number of rotatable bonds is 7. The van der Waals surface area contributed by atoms with Gasteiger partial charge in [-0.05, 0) is 37.3 Å². The van der Waals surface area contributed by atoms with Gasteiger partial charge in [0, 0.05) is 43.1 Å². The molecule has 0 saturated heterocycles. The van der Waals surface area contributed by atoms with Gasteiger partial charge in [-0.25, -0.2) is 15.0 Å². The van der Waals surface area contributed by atoms with Gasteiger partial charge in [0.2, 0.25) is 5.91 Å². The number of ether oxygens (including phenoxy) is 1. The Morgan fingerprint density at radius 3 is 2.88 bits per heavy atom. The Kier molecular flexibility index (Phi) is 6.16. The molecule has 0 bridgehead atoms. The number of fused-ring (bicyclic) bond motifs is 1. The maximum atomic E-state index is 12.7. The third-order valence-corrected chi connectivity index (χ3v) is 5.30. The molecule has 168 valence electrons. The fourth-order valence-corrected chi connectivity index (χ4v) is 3.93. The number of amides is 1. The molecule has 9 nitrogen and oxygen atoms in total. The summed E-state index contributed by atoms with van der Waals surface area (Å²) in [5, 5.41) is 7.04. The van der Waals surface area contributed by atoms with Crippen molar-refractivity contribution >= 4 is 5.91 Å². The molecule has 9 heteroatoms.